The van der Waals surface area contributed by atoms with Crippen molar-refractivity contribution in [1.29, 1.82) is 0 Å². The van der Waals surface area contributed by atoms with Gasteiger partial charge in [0, 0.05) is 13.1 Å². The van der Waals surface area contributed by atoms with Gasteiger partial charge in [-0.05, 0) is 12.1 Å². The molecule has 0 spiro atoms. The molecule has 0 radical (unpaired) electrons. The Hall–Kier alpha value is -2.62. The fourth-order valence-corrected chi connectivity index (χ4v) is 2.71. The molecule has 3 heterocycles. The monoisotopic (exact) mass is 342 g/mol. The maximum Gasteiger partial charge on any atom is 0.433 e. The Kier molecular flexibility index (Phi) is 3.91. The quantitative estimate of drug-likeness (QED) is 0.589. The van der Waals surface area contributed by atoms with Gasteiger partial charge in [-0.3, -0.25) is 9.59 Å². The Bertz CT molecular complexity index is 715. The molecular weight excluding hydrogens is 329 g/mol. The van der Waals surface area contributed by atoms with Gasteiger partial charge in [0.15, 0.2) is 0 Å². The highest BCUT2D eigenvalue weighted by molar-refractivity contribution is 6.23. The summed E-state index contributed by atoms with van der Waals surface area (Å²) in [5, 5.41) is 18.0. The van der Waals surface area contributed by atoms with E-state index in [2.05, 4.69) is 20.9 Å². The third-order valence-corrected chi connectivity index (χ3v) is 3.90. The molecule has 0 saturated carbocycles. The average molecular weight is 342 g/mol. The lowest BCUT2D eigenvalue weighted by atomic mass is 9.92. The first-order valence-corrected chi connectivity index (χ1v) is 7.06. The standard InChI is InChI=1S/C14H13F3N4O3/c15-14(16,17)9-2-1-6(3-19-9)20-12(23)10-11(22)7-4-18-5-8(7)21-13(10)24/h1-3,7-8,18,22H,4-5H2,(H,20,23)(H,21,24)/t7-,8-/m0/s1. The van der Waals surface area contributed by atoms with Crippen LogP contribution >= 0.6 is 0 Å². The number of alkyl halides is 3. The van der Waals surface area contributed by atoms with Crippen molar-refractivity contribution in [2.24, 2.45) is 5.92 Å². The van der Waals surface area contributed by atoms with Crippen molar-refractivity contribution < 1.29 is 27.9 Å². The lowest BCUT2D eigenvalue weighted by Crippen LogP contribution is -2.48. The molecule has 1 aromatic rings. The lowest BCUT2D eigenvalue weighted by molar-refractivity contribution is -0.141. The summed E-state index contributed by atoms with van der Waals surface area (Å²) in [6, 6.07) is 1.44. The number of aromatic nitrogens is 1. The normalized spacial score (nSPS) is 23.7. The summed E-state index contributed by atoms with van der Waals surface area (Å²) >= 11 is 0. The Morgan fingerprint density at radius 3 is 2.71 bits per heavy atom. The number of hydrogen-bond donors (Lipinski definition) is 4. The van der Waals surface area contributed by atoms with E-state index < -0.39 is 35.2 Å². The van der Waals surface area contributed by atoms with Crippen molar-refractivity contribution in [3.8, 4) is 0 Å². The molecule has 2 amide bonds. The van der Waals surface area contributed by atoms with Gasteiger partial charge >= 0.3 is 6.18 Å². The predicted molar refractivity (Wildman–Crippen MR) is 75.8 cm³/mol. The topological polar surface area (TPSA) is 103 Å². The minimum atomic E-state index is -4.59. The molecule has 2 atom stereocenters. The minimum absolute atomic E-state index is 0.0206. The number of carbonyl (C=O) groups is 2. The Morgan fingerprint density at radius 1 is 1.33 bits per heavy atom. The summed E-state index contributed by atoms with van der Waals surface area (Å²) in [6.07, 6.45) is -3.75. The second-order valence-corrected chi connectivity index (χ2v) is 5.49. The van der Waals surface area contributed by atoms with Crippen molar-refractivity contribution in [1.82, 2.24) is 15.6 Å². The van der Waals surface area contributed by atoms with Crippen LogP contribution in [0.25, 0.3) is 0 Å². The molecule has 10 heteroatoms. The van der Waals surface area contributed by atoms with Crippen LogP contribution in [-0.2, 0) is 15.8 Å². The van der Waals surface area contributed by atoms with E-state index >= 15 is 0 Å². The molecule has 7 nitrogen and oxygen atoms in total. The lowest BCUT2D eigenvalue weighted by Gasteiger charge is -2.26. The number of amides is 2. The average Bonchev–Trinajstić information content (AvgIpc) is 2.95. The Morgan fingerprint density at radius 2 is 2.08 bits per heavy atom. The van der Waals surface area contributed by atoms with Crippen LogP contribution in [-0.4, -0.2) is 41.0 Å². The van der Waals surface area contributed by atoms with Crippen LogP contribution in [0, 0.1) is 5.92 Å². The van der Waals surface area contributed by atoms with Gasteiger partial charge < -0.3 is 21.1 Å². The fraction of sp³-hybridized carbons (Fsp3) is 0.357. The maximum absolute atomic E-state index is 12.5. The highest BCUT2D eigenvalue weighted by atomic mass is 19.4. The van der Waals surface area contributed by atoms with Crippen molar-refractivity contribution in [2.45, 2.75) is 12.2 Å². The first kappa shape index (κ1) is 16.2. The van der Waals surface area contributed by atoms with Crippen LogP contribution in [0.3, 0.4) is 0 Å². The van der Waals surface area contributed by atoms with E-state index in [1.54, 1.807) is 0 Å². The number of aliphatic hydroxyl groups is 1. The molecule has 24 heavy (non-hydrogen) atoms. The molecular formula is C14H13F3N4O3. The fourth-order valence-electron chi connectivity index (χ4n) is 2.71. The number of hydrogen-bond acceptors (Lipinski definition) is 5. The van der Waals surface area contributed by atoms with E-state index in [-0.39, 0.29) is 17.5 Å². The van der Waals surface area contributed by atoms with Gasteiger partial charge in [-0.15, -0.1) is 0 Å². The molecule has 0 aromatic carbocycles. The molecule has 1 fully saturated rings. The number of rotatable bonds is 2. The van der Waals surface area contributed by atoms with Crippen molar-refractivity contribution in [2.75, 3.05) is 18.4 Å². The number of nitrogens with zero attached hydrogens (tertiary/aromatic N) is 1. The van der Waals surface area contributed by atoms with Crippen molar-refractivity contribution >= 4 is 17.5 Å². The number of aliphatic hydroxyl groups excluding tert-OH is 1. The molecule has 2 aliphatic rings. The van der Waals surface area contributed by atoms with E-state index in [0.717, 1.165) is 12.3 Å². The SMILES string of the molecule is O=C(Nc1ccc(C(F)(F)F)nc1)C1=C(O)[C@H]2CNC[C@@H]2NC1=O. The number of fused-ring (bicyclic) bond motifs is 1. The zero-order valence-corrected chi connectivity index (χ0v) is 12.1. The first-order valence-electron chi connectivity index (χ1n) is 7.06. The zero-order valence-electron chi connectivity index (χ0n) is 12.1. The van der Waals surface area contributed by atoms with E-state index in [9.17, 15) is 27.9 Å². The second-order valence-electron chi connectivity index (χ2n) is 5.49. The summed E-state index contributed by atoms with van der Waals surface area (Å²) in [5.74, 6) is -2.37. The molecule has 3 rings (SSSR count). The van der Waals surface area contributed by atoms with Crippen LogP contribution < -0.4 is 16.0 Å². The third-order valence-electron chi connectivity index (χ3n) is 3.90. The van der Waals surface area contributed by atoms with Crippen molar-refractivity contribution in [3.05, 3.63) is 35.4 Å². The van der Waals surface area contributed by atoms with Gasteiger partial charge in [-0.25, -0.2) is 4.98 Å². The Labute approximate surface area is 133 Å². The van der Waals surface area contributed by atoms with Crippen LogP contribution in [0.15, 0.2) is 29.7 Å². The molecule has 0 unspecified atom stereocenters. The van der Waals surface area contributed by atoms with Crippen molar-refractivity contribution in [3.63, 3.8) is 0 Å². The van der Waals surface area contributed by atoms with Crippen LogP contribution in [0.5, 0.6) is 0 Å². The van der Waals surface area contributed by atoms with E-state index in [4.69, 9.17) is 0 Å². The molecule has 1 aromatic heterocycles. The van der Waals surface area contributed by atoms with E-state index in [0.29, 0.717) is 19.2 Å². The summed E-state index contributed by atoms with van der Waals surface area (Å²) in [5.41, 5.74) is -1.56. The maximum atomic E-state index is 12.5. The smallest absolute Gasteiger partial charge is 0.433 e. The molecule has 128 valence electrons. The first-order chi connectivity index (χ1) is 11.3. The van der Waals surface area contributed by atoms with Gasteiger partial charge in [-0.2, -0.15) is 13.2 Å². The molecule has 1 saturated heterocycles. The van der Waals surface area contributed by atoms with Crippen LogP contribution in [0.2, 0.25) is 0 Å². The zero-order chi connectivity index (χ0) is 17.5. The van der Waals surface area contributed by atoms with Gasteiger partial charge in [0.25, 0.3) is 11.8 Å². The van der Waals surface area contributed by atoms with Crippen LogP contribution in [0.4, 0.5) is 18.9 Å². The Balaban J connectivity index is 1.79. The van der Waals surface area contributed by atoms with Gasteiger partial charge in [0.05, 0.1) is 23.8 Å². The molecule has 0 bridgehead atoms. The molecule has 2 aliphatic heterocycles. The number of carbonyl (C=O) groups excluding carboxylic acids is 2. The number of pyridine rings is 1. The largest absolute Gasteiger partial charge is 0.511 e. The highest BCUT2D eigenvalue weighted by Gasteiger charge is 2.41. The summed E-state index contributed by atoms with van der Waals surface area (Å²) in [6.45, 7) is 0.896. The summed E-state index contributed by atoms with van der Waals surface area (Å²) < 4.78 is 37.4. The highest BCUT2D eigenvalue weighted by Crippen LogP contribution is 2.28. The van der Waals surface area contributed by atoms with Crippen LogP contribution in [0.1, 0.15) is 5.69 Å². The molecule has 0 aliphatic carbocycles. The minimum Gasteiger partial charge on any atom is -0.511 e. The van der Waals surface area contributed by atoms with E-state index in [1.165, 1.54) is 0 Å². The van der Waals surface area contributed by atoms with Gasteiger partial charge in [0.2, 0.25) is 0 Å². The van der Waals surface area contributed by atoms with Gasteiger partial charge in [0.1, 0.15) is 17.0 Å². The summed E-state index contributed by atoms with van der Waals surface area (Å²) in [7, 11) is 0. The number of halogens is 3. The number of anilines is 1. The second kappa shape index (κ2) is 5.78. The predicted octanol–water partition coefficient (Wildman–Crippen LogP) is 0.569. The third kappa shape index (κ3) is 2.92. The number of nitrogens with one attached hydrogen (secondary N) is 3. The van der Waals surface area contributed by atoms with E-state index in [1.807, 2.05) is 0 Å². The summed E-state index contributed by atoms with van der Waals surface area (Å²) in [4.78, 5) is 27.4. The molecule has 4 N–H and O–H groups in total. The van der Waals surface area contributed by atoms with Gasteiger partial charge in [-0.1, -0.05) is 0 Å².